The van der Waals surface area contributed by atoms with Crippen molar-refractivity contribution in [3.05, 3.63) is 78.9 Å². The third-order valence-corrected chi connectivity index (χ3v) is 12.2. The Labute approximate surface area is 228 Å². The zero-order valence-corrected chi connectivity index (χ0v) is 25.2. The number of halogens is 3. The number of hydrogen-bond donors (Lipinski definition) is 0. The molecule has 1 aliphatic rings. The van der Waals surface area contributed by atoms with Gasteiger partial charge in [0, 0.05) is 0 Å². The zero-order chi connectivity index (χ0) is 21.1. The molecule has 0 aliphatic heterocycles. The third-order valence-electron chi connectivity index (χ3n) is 7.06. The third kappa shape index (κ3) is 6.44. The van der Waals surface area contributed by atoms with Crippen LogP contribution in [-0.2, 0) is 20.4 Å². The van der Waals surface area contributed by atoms with Gasteiger partial charge in [0.25, 0.3) is 0 Å². The Bertz CT molecular complexity index is 936. The average Bonchev–Trinajstić information content (AvgIpc) is 3.11. The number of benzene rings is 2. The maximum atomic E-state index is 2.50. The molecule has 0 heterocycles. The molecule has 0 saturated heterocycles. The fourth-order valence-electron chi connectivity index (χ4n) is 4.96. The number of rotatable bonds is 7. The van der Waals surface area contributed by atoms with Gasteiger partial charge in [0.05, 0.1) is 0 Å². The zero-order valence-electron chi connectivity index (χ0n) is 20.2. The van der Waals surface area contributed by atoms with Gasteiger partial charge in [-0.2, -0.15) is 0 Å². The summed E-state index contributed by atoms with van der Waals surface area (Å²) in [5, 5.41) is 3.47. The van der Waals surface area contributed by atoms with Crippen LogP contribution in [0.2, 0.25) is 6.04 Å². The van der Waals surface area contributed by atoms with Gasteiger partial charge in [-0.15, -0.1) is 0 Å². The van der Waals surface area contributed by atoms with Crippen LogP contribution in [-0.4, -0.2) is 8.80 Å². The van der Waals surface area contributed by atoms with Gasteiger partial charge in [-0.3, -0.25) is 0 Å². The smallest absolute Gasteiger partial charge is 1.00 e. The predicted octanol–water partition coefficient (Wildman–Crippen LogP) is -2.31. The SMILES string of the molecule is CCCCC[SiH](C1=[C]([Ti+3])CC=C1c1ccccc1)c1c(C)c(C)c(C)c(C)c1C.[Cl-].[Cl-].[Cl-]. The minimum absolute atomic E-state index is 0. The molecule has 2 aromatic carbocycles. The summed E-state index contributed by atoms with van der Waals surface area (Å²) in [6.07, 6.45) is 7.63. The first-order chi connectivity index (χ1) is 13.9. The maximum Gasteiger partial charge on any atom is -1.00 e. The van der Waals surface area contributed by atoms with Crippen LogP contribution >= 0.6 is 0 Å². The molecule has 0 saturated carbocycles. The minimum atomic E-state index is -1.31. The molecule has 0 aromatic heterocycles. The van der Waals surface area contributed by atoms with Crippen molar-refractivity contribution in [3.63, 3.8) is 0 Å². The number of unbranched alkanes of at least 4 members (excludes halogenated alkanes) is 2. The van der Waals surface area contributed by atoms with Crippen LogP contribution in [0.15, 0.2) is 45.5 Å². The summed E-state index contributed by atoms with van der Waals surface area (Å²) in [4.78, 5) is 0. The molecule has 0 N–H and O–H groups in total. The Hall–Kier alpha value is -0.279. The molecule has 172 valence electrons. The van der Waals surface area contributed by atoms with E-state index in [0.29, 0.717) is 0 Å². The first-order valence-electron chi connectivity index (χ1n) is 11.2. The summed E-state index contributed by atoms with van der Waals surface area (Å²) in [7, 11) is -1.31. The summed E-state index contributed by atoms with van der Waals surface area (Å²) in [5.41, 5.74) is 10.6. The van der Waals surface area contributed by atoms with Crippen molar-refractivity contribution < 1.29 is 57.7 Å². The van der Waals surface area contributed by atoms with Crippen LogP contribution in [0.1, 0.15) is 66.0 Å². The molecule has 0 fully saturated rings. The Morgan fingerprint density at radius 3 is 1.84 bits per heavy atom. The molecule has 1 unspecified atom stereocenters. The van der Waals surface area contributed by atoms with Crippen molar-refractivity contribution in [1.82, 2.24) is 0 Å². The second-order valence-electron chi connectivity index (χ2n) is 8.67. The monoisotopic (exact) mass is 540 g/mol. The summed E-state index contributed by atoms with van der Waals surface area (Å²) in [6, 6.07) is 12.5. The molecular formula is C27H35Cl3SiTi. The van der Waals surface area contributed by atoms with Crippen molar-refractivity contribution in [2.24, 2.45) is 0 Å². The van der Waals surface area contributed by atoms with Crippen LogP contribution in [0.4, 0.5) is 0 Å². The van der Waals surface area contributed by atoms with E-state index in [4.69, 9.17) is 0 Å². The van der Waals surface area contributed by atoms with E-state index in [1.54, 1.807) is 25.4 Å². The molecule has 0 nitrogen and oxygen atoms in total. The van der Waals surface area contributed by atoms with Crippen LogP contribution in [0.3, 0.4) is 0 Å². The Morgan fingerprint density at radius 1 is 0.781 bits per heavy atom. The first kappa shape index (κ1) is 31.7. The predicted molar refractivity (Wildman–Crippen MR) is 127 cm³/mol. The fraction of sp³-hybridized carbons (Fsp3) is 0.407. The summed E-state index contributed by atoms with van der Waals surface area (Å²) < 4.78 is 1.62. The molecule has 3 rings (SSSR count). The topological polar surface area (TPSA) is 0 Å². The molecule has 0 amide bonds. The second-order valence-corrected chi connectivity index (χ2v) is 12.4. The normalized spacial score (nSPS) is 13.7. The van der Waals surface area contributed by atoms with E-state index in [-0.39, 0.29) is 37.2 Å². The van der Waals surface area contributed by atoms with E-state index in [9.17, 15) is 0 Å². The Balaban J connectivity index is 0.00000320. The van der Waals surface area contributed by atoms with Crippen molar-refractivity contribution in [2.45, 2.75) is 73.3 Å². The van der Waals surface area contributed by atoms with Gasteiger partial charge in [0.15, 0.2) is 0 Å². The summed E-state index contributed by atoms with van der Waals surface area (Å²) >= 11 is 2.39. The molecule has 2 aromatic rings. The first-order valence-corrected chi connectivity index (χ1v) is 13.9. The van der Waals surface area contributed by atoms with Crippen molar-refractivity contribution in [3.8, 4) is 0 Å². The van der Waals surface area contributed by atoms with Gasteiger partial charge in [-0.05, 0) is 0 Å². The molecule has 5 heteroatoms. The molecule has 0 bridgehead atoms. The fourth-order valence-corrected chi connectivity index (χ4v) is 10.4. The van der Waals surface area contributed by atoms with Gasteiger partial charge in [0.1, 0.15) is 0 Å². The molecule has 0 radical (unpaired) electrons. The summed E-state index contributed by atoms with van der Waals surface area (Å²) in [6.45, 7) is 14.1. The van der Waals surface area contributed by atoms with Gasteiger partial charge >= 0.3 is 192 Å². The molecule has 1 aliphatic carbocycles. The van der Waals surface area contributed by atoms with E-state index in [1.165, 1.54) is 53.1 Å². The van der Waals surface area contributed by atoms with E-state index in [0.717, 1.165) is 6.42 Å². The van der Waals surface area contributed by atoms with E-state index >= 15 is 0 Å². The van der Waals surface area contributed by atoms with Gasteiger partial charge in [-0.1, -0.05) is 0 Å². The Morgan fingerprint density at radius 2 is 1.31 bits per heavy atom. The number of hydrogen-bond acceptors (Lipinski definition) is 0. The average molecular weight is 542 g/mol. The summed E-state index contributed by atoms with van der Waals surface area (Å²) in [5.74, 6) is 0. The van der Waals surface area contributed by atoms with Crippen molar-refractivity contribution in [1.29, 1.82) is 0 Å². The van der Waals surface area contributed by atoms with Gasteiger partial charge in [-0.25, -0.2) is 0 Å². The van der Waals surface area contributed by atoms with Crippen molar-refractivity contribution >= 4 is 19.6 Å². The van der Waals surface area contributed by atoms with Gasteiger partial charge < -0.3 is 37.2 Å². The van der Waals surface area contributed by atoms with Crippen molar-refractivity contribution in [2.75, 3.05) is 0 Å². The van der Waals surface area contributed by atoms with Crippen LogP contribution < -0.4 is 42.4 Å². The molecule has 1 atom stereocenters. The largest absolute Gasteiger partial charge is 1.00 e. The molecule has 32 heavy (non-hydrogen) atoms. The number of allylic oxidation sites excluding steroid dienone is 4. The maximum absolute atomic E-state index is 2.50. The van der Waals surface area contributed by atoms with E-state index in [1.807, 2.05) is 0 Å². The standard InChI is InChI=1S/C27H35Si.3ClH.Ti/c1-7-8-12-18-28(27-22(5)20(3)19(2)21(4)23(27)6)26-17-13-16-25(26)24-14-10-9-11-15-24;;;;/h9-11,14-16,28H,7-8,12-13,18H2,1-6H3;3*1H;/q;;;;+3/p-3. The minimum Gasteiger partial charge on any atom is -1.00 e. The second kappa shape index (κ2) is 14.2. The van der Waals surface area contributed by atoms with E-state index < -0.39 is 8.80 Å². The van der Waals surface area contributed by atoms with Gasteiger partial charge in [0.2, 0.25) is 0 Å². The van der Waals surface area contributed by atoms with Crippen LogP contribution in [0.25, 0.3) is 5.57 Å². The van der Waals surface area contributed by atoms with Crippen LogP contribution in [0, 0.1) is 34.6 Å². The Kier molecular flexibility index (Phi) is 14.1. The quantitative estimate of drug-likeness (QED) is 0.273. The van der Waals surface area contributed by atoms with Crippen LogP contribution in [0.5, 0.6) is 0 Å². The molecular weight excluding hydrogens is 507 g/mol. The van der Waals surface area contributed by atoms with E-state index in [2.05, 4.69) is 98.4 Å². The molecule has 0 spiro atoms.